The maximum atomic E-state index is 12.9. The zero-order valence-electron chi connectivity index (χ0n) is 19.0. The summed E-state index contributed by atoms with van der Waals surface area (Å²) in [6.07, 6.45) is 8.13. The summed E-state index contributed by atoms with van der Waals surface area (Å²) in [7, 11) is 0. The zero-order chi connectivity index (χ0) is 21.1. The molecule has 0 aliphatic carbocycles. The van der Waals surface area contributed by atoms with Crippen molar-refractivity contribution in [2.24, 2.45) is 5.92 Å². The van der Waals surface area contributed by atoms with Crippen LogP contribution in [0.5, 0.6) is 0 Å². The highest BCUT2D eigenvalue weighted by atomic mass is 16.6. The van der Waals surface area contributed by atoms with E-state index in [0.29, 0.717) is 5.92 Å². The number of hydrogen-bond acceptors (Lipinski definition) is 3. The van der Waals surface area contributed by atoms with Crippen LogP contribution in [-0.4, -0.2) is 38.5 Å². The van der Waals surface area contributed by atoms with Gasteiger partial charge in [-0.3, -0.25) is 9.69 Å². The van der Waals surface area contributed by atoms with E-state index in [-0.39, 0.29) is 18.1 Å². The number of esters is 1. The molecule has 1 unspecified atom stereocenters. The second-order valence-electron chi connectivity index (χ2n) is 8.96. The van der Waals surface area contributed by atoms with Gasteiger partial charge in [-0.2, -0.15) is 0 Å². The van der Waals surface area contributed by atoms with Crippen molar-refractivity contribution in [1.29, 1.82) is 0 Å². The minimum atomic E-state index is -0.230. The number of quaternary nitrogens is 1. The molecule has 2 rings (SSSR count). The van der Waals surface area contributed by atoms with Gasteiger partial charge in [-0.1, -0.05) is 70.7 Å². The van der Waals surface area contributed by atoms with Crippen molar-refractivity contribution < 1.29 is 19.2 Å². The van der Waals surface area contributed by atoms with Gasteiger partial charge in [0.25, 0.3) is 0 Å². The molecule has 29 heavy (non-hydrogen) atoms. The van der Waals surface area contributed by atoms with E-state index in [0.717, 1.165) is 51.1 Å². The molecule has 1 aliphatic heterocycles. The molecular formula is C25H42NO3+. The molecule has 0 aromatic heterocycles. The van der Waals surface area contributed by atoms with Gasteiger partial charge in [0.15, 0.2) is 0 Å². The van der Waals surface area contributed by atoms with Gasteiger partial charge in [-0.25, -0.2) is 0 Å². The molecule has 1 heterocycles. The average Bonchev–Trinajstić information content (AvgIpc) is 2.73. The van der Waals surface area contributed by atoms with E-state index >= 15 is 0 Å². The summed E-state index contributed by atoms with van der Waals surface area (Å²) >= 11 is 0. The van der Waals surface area contributed by atoms with Gasteiger partial charge in [-0.05, 0) is 36.8 Å². The molecule has 0 bridgehead atoms. The third-order valence-electron chi connectivity index (χ3n) is 5.90. The topological polar surface area (TPSA) is 40.0 Å². The summed E-state index contributed by atoms with van der Waals surface area (Å²) in [4.78, 5) is 14.3. The van der Waals surface area contributed by atoms with E-state index in [1.54, 1.807) is 0 Å². The Balaban J connectivity index is 1.93. The van der Waals surface area contributed by atoms with Crippen LogP contribution in [0.2, 0.25) is 0 Å². The van der Waals surface area contributed by atoms with Crippen molar-refractivity contribution in [1.82, 2.24) is 0 Å². The lowest BCUT2D eigenvalue weighted by atomic mass is 9.97. The van der Waals surface area contributed by atoms with Gasteiger partial charge in [0.05, 0.1) is 19.1 Å². The molecule has 1 saturated heterocycles. The molecule has 1 N–H and O–H groups in total. The standard InChI is InChI=1S/C25H41NO3/c1-5-6-7-8-9-10-24(26-15-17-28-18-16-26)29-25(27)21(4)23-13-11-22(12-14-23)19-20(2)3/h11-14,20-21,24H,5-10,15-19H2,1-4H3/p+1/t21-,24?/m0/s1. The van der Waals surface area contributed by atoms with Crippen LogP contribution in [0.3, 0.4) is 0 Å². The van der Waals surface area contributed by atoms with E-state index in [1.807, 2.05) is 6.92 Å². The Labute approximate surface area is 178 Å². The monoisotopic (exact) mass is 404 g/mol. The molecule has 0 amide bonds. The highest BCUT2D eigenvalue weighted by Gasteiger charge is 2.29. The number of rotatable bonds is 12. The molecule has 2 atom stereocenters. The predicted octanol–water partition coefficient (Wildman–Crippen LogP) is 4.13. The molecule has 1 aromatic carbocycles. The van der Waals surface area contributed by atoms with Crippen molar-refractivity contribution in [3.8, 4) is 0 Å². The molecule has 1 aliphatic rings. The Bertz CT molecular complexity index is 578. The maximum Gasteiger partial charge on any atom is 0.317 e. The number of benzene rings is 1. The first-order chi connectivity index (χ1) is 14.0. The Morgan fingerprint density at radius 3 is 2.31 bits per heavy atom. The molecule has 1 fully saturated rings. The second kappa shape index (κ2) is 13.0. The molecule has 1 aromatic rings. The van der Waals surface area contributed by atoms with Gasteiger partial charge in [0.2, 0.25) is 6.23 Å². The summed E-state index contributed by atoms with van der Waals surface area (Å²) in [6, 6.07) is 8.48. The fourth-order valence-electron chi connectivity index (χ4n) is 4.03. The van der Waals surface area contributed by atoms with Crippen LogP contribution < -0.4 is 4.90 Å². The van der Waals surface area contributed by atoms with Crippen molar-refractivity contribution in [3.63, 3.8) is 0 Å². The minimum absolute atomic E-state index is 0.0457. The predicted molar refractivity (Wildman–Crippen MR) is 118 cm³/mol. The minimum Gasteiger partial charge on any atom is -0.412 e. The largest absolute Gasteiger partial charge is 0.412 e. The van der Waals surface area contributed by atoms with Crippen LogP contribution in [0.1, 0.15) is 83.3 Å². The lowest BCUT2D eigenvalue weighted by Crippen LogP contribution is -3.18. The van der Waals surface area contributed by atoms with Gasteiger partial charge in [0, 0.05) is 6.42 Å². The highest BCUT2D eigenvalue weighted by molar-refractivity contribution is 5.77. The number of unbranched alkanes of at least 4 members (excludes halogenated alkanes) is 4. The molecule has 0 spiro atoms. The fourth-order valence-corrected chi connectivity index (χ4v) is 4.03. The van der Waals surface area contributed by atoms with E-state index in [2.05, 4.69) is 45.0 Å². The molecule has 4 heteroatoms. The SMILES string of the molecule is CCCCCCCC(OC(=O)[C@@H](C)c1ccc(CC(C)C)cc1)[NH+]1CCOCC1. The van der Waals surface area contributed by atoms with Crippen LogP contribution in [0.4, 0.5) is 0 Å². The zero-order valence-corrected chi connectivity index (χ0v) is 19.0. The third-order valence-corrected chi connectivity index (χ3v) is 5.90. The fraction of sp³-hybridized carbons (Fsp3) is 0.720. The number of hydrogen-bond donors (Lipinski definition) is 1. The summed E-state index contributed by atoms with van der Waals surface area (Å²) in [5.41, 5.74) is 2.37. The Kier molecular flexibility index (Phi) is 10.7. The Morgan fingerprint density at radius 2 is 1.69 bits per heavy atom. The third kappa shape index (κ3) is 8.47. The lowest BCUT2D eigenvalue weighted by Gasteiger charge is -2.31. The van der Waals surface area contributed by atoms with Crippen LogP contribution >= 0.6 is 0 Å². The number of morpholine rings is 1. The van der Waals surface area contributed by atoms with Gasteiger partial charge in [-0.15, -0.1) is 0 Å². The maximum absolute atomic E-state index is 12.9. The first kappa shape index (κ1) is 23.9. The van der Waals surface area contributed by atoms with E-state index in [1.165, 1.54) is 36.1 Å². The molecule has 0 saturated carbocycles. The number of carbonyl (C=O) groups is 1. The van der Waals surface area contributed by atoms with E-state index < -0.39 is 0 Å². The Hall–Kier alpha value is -1.39. The molecule has 164 valence electrons. The first-order valence-electron chi connectivity index (χ1n) is 11.7. The van der Waals surface area contributed by atoms with E-state index in [9.17, 15) is 4.79 Å². The van der Waals surface area contributed by atoms with Gasteiger partial charge >= 0.3 is 5.97 Å². The average molecular weight is 405 g/mol. The second-order valence-corrected chi connectivity index (χ2v) is 8.96. The summed E-state index contributed by atoms with van der Waals surface area (Å²) < 4.78 is 11.6. The van der Waals surface area contributed by atoms with Gasteiger partial charge < -0.3 is 9.47 Å². The summed E-state index contributed by atoms with van der Waals surface area (Å²) in [5.74, 6) is 0.308. The Morgan fingerprint density at radius 1 is 1.03 bits per heavy atom. The van der Waals surface area contributed by atoms with Gasteiger partial charge in [0.1, 0.15) is 13.1 Å². The van der Waals surface area contributed by atoms with Crippen LogP contribution in [0.15, 0.2) is 24.3 Å². The highest BCUT2D eigenvalue weighted by Crippen LogP contribution is 2.20. The summed E-state index contributed by atoms with van der Waals surface area (Å²) in [6.45, 7) is 12.0. The molecule has 4 nitrogen and oxygen atoms in total. The number of carbonyl (C=O) groups excluding carboxylic acids is 1. The van der Waals surface area contributed by atoms with Crippen molar-refractivity contribution >= 4 is 5.97 Å². The van der Waals surface area contributed by atoms with E-state index in [4.69, 9.17) is 9.47 Å². The normalized spacial score (nSPS) is 17.3. The first-order valence-corrected chi connectivity index (χ1v) is 11.7. The number of ether oxygens (including phenoxy) is 2. The van der Waals surface area contributed by atoms with Crippen LogP contribution in [0, 0.1) is 5.92 Å². The molecular weight excluding hydrogens is 362 g/mol. The van der Waals surface area contributed by atoms with Crippen molar-refractivity contribution in [2.45, 2.75) is 84.8 Å². The smallest absolute Gasteiger partial charge is 0.317 e. The number of nitrogens with one attached hydrogen (secondary N) is 1. The lowest BCUT2D eigenvalue weighted by molar-refractivity contribution is -0.952. The molecule has 0 radical (unpaired) electrons. The summed E-state index contributed by atoms with van der Waals surface area (Å²) in [5, 5.41) is 0. The van der Waals surface area contributed by atoms with Crippen LogP contribution in [0.25, 0.3) is 0 Å². The quantitative estimate of drug-likeness (QED) is 0.420. The van der Waals surface area contributed by atoms with Crippen molar-refractivity contribution in [2.75, 3.05) is 26.3 Å². The van der Waals surface area contributed by atoms with Crippen molar-refractivity contribution in [3.05, 3.63) is 35.4 Å². The van der Waals surface area contributed by atoms with Crippen LogP contribution in [-0.2, 0) is 20.7 Å².